The first kappa shape index (κ1) is 24.1. The average molecular weight is 537 g/mol. The molecular weight excluding hydrogens is 512 g/mol. The lowest BCUT2D eigenvalue weighted by Gasteiger charge is -2.48. The van der Waals surface area contributed by atoms with E-state index in [4.69, 9.17) is 21.3 Å². The van der Waals surface area contributed by atoms with Crippen LogP contribution in [0.2, 0.25) is 5.02 Å². The molecule has 6 rings (SSSR count). The van der Waals surface area contributed by atoms with Crippen molar-refractivity contribution >= 4 is 40.6 Å². The van der Waals surface area contributed by atoms with Gasteiger partial charge in [-0.1, -0.05) is 23.7 Å². The highest BCUT2D eigenvalue weighted by atomic mass is 35.5. The molecule has 1 aromatic carbocycles. The molecule has 0 saturated carbocycles. The van der Waals surface area contributed by atoms with E-state index in [1.165, 1.54) is 0 Å². The van der Waals surface area contributed by atoms with Crippen molar-refractivity contribution in [3.8, 4) is 10.6 Å². The molecule has 11 heteroatoms. The van der Waals surface area contributed by atoms with Gasteiger partial charge in [-0.25, -0.2) is 9.97 Å². The van der Waals surface area contributed by atoms with Gasteiger partial charge in [0.15, 0.2) is 0 Å². The van der Waals surface area contributed by atoms with E-state index in [9.17, 15) is 9.90 Å². The standard InChI is InChI=1S/C26H25ClN6O3S/c1-14-9-18(30-25(29-14)31-20-7-8-28-32(20)3)22-15(2)21-23(37-22)26(12-36-13-26)33(24(21)35)19(11-34)16-5-4-6-17(27)10-16/h4-10,19,34H,11-13H2,1-3H3,(H,29,30,31)/t19-/m1/s1. The third kappa shape index (κ3) is 3.74. The Kier molecular flexibility index (Phi) is 5.79. The Bertz CT molecular complexity index is 1530. The van der Waals surface area contributed by atoms with Crippen molar-refractivity contribution in [2.75, 3.05) is 25.1 Å². The number of benzene rings is 1. The van der Waals surface area contributed by atoms with Gasteiger partial charge in [0.25, 0.3) is 5.91 Å². The molecule has 1 fully saturated rings. The second kappa shape index (κ2) is 8.91. The van der Waals surface area contributed by atoms with Crippen molar-refractivity contribution in [2.24, 2.45) is 7.05 Å². The number of ether oxygens (including phenoxy) is 1. The van der Waals surface area contributed by atoms with Crippen LogP contribution in [0.5, 0.6) is 0 Å². The van der Waals surface area contributed by atoms with Crippen LogP contribution in [-0.2, 0) is 17.3 Å². The Labute approximate surface area is 222 Å². The third-order valence-corrected chi connectivity index (χ3v) is 8.75. The zero-order valence-corrected chi connectivity index (χ0v) is 22.1. The highest BCUT2D eigenvalue weighted by molar-refractivity contribution is 7.16. The van der Waals surface area contributed by atoms with Crippen LogP contribution in [0.4, 0.5) is 11.8 Å². The van der Waals surface area contributed by atoms with Crippen molar-refractivity contribution in [1.29, 1.82) is 0 Å². The van der Waals surface area contributed by atoms with Crippen LogP contribution in [0.15, 0.2) is 42.6 Å². The van der Waals surface area contributed by atoms with E-state index < -0.39 is 11.6 Å². The SMILES string of the molecule is Cc1cc(-c2sc3c(c2C)C(=O)N([C@H](CO)c2cccc(Cl)c2)C32COC2)nc(Nc2ccnn2C)n1. The van der Waals surface area contributed by atoms with E-state index in [-0.39, 0.29) is 12.5 Å². The minimum absolute atomic E-state index is 0.115. The number of anilines is 2. The van der Waals surface area contributed by atoms with E-state index in [0.29, 0.717) is 29.7 Å². The fourth-order valence-corrected chi connectivity index (χ4v) is 6.79. The number of fused-ring (bicyclic) bond motifs is 2. The maximum absolute atomic E-state index is 14.0. The number of thiophene rings is 1. The number of carbonyl (C=O) groups is 1. The Morgan fingerprint density at radius 3 is 2.70 bits per heavy atom. The summed E-state index contributed by atoms with van der Waals surface area (Å²) in [4.78, 5) is 27.0. The van der Waals surface area contributed by atoms with E-state index >= 15 is 0 Å². The highest BCUT2D eigenvalue weighted by Gasteiger charge is 2.59. The number of nitrogens with zero attached hydrogens (tertiary/aromatic N) is 5. The molecule has 1 saturated heterocycles. The second-order valence-electron chi connectivity index (χ2n) is 9.40. The summed E-state index contributed by atoms with van der Waals surface area (Å²) in [6.07, 6.45) is 1.70. The summed E-state index contributed by atoms with van der Waals surface area (Å²) in [6, 6.07) is 10.5. The number of hydrogen-bond acceptors (Lipinski definition) is 8. The number of aliphatic hydroxyl groups excluding tert-OH is 1. The molecule has 0 unspecified atom stereocenters. The molecule has 4 aromatic rings. The van der Waals surface area contributed by atoms with Gasteiger partial charge in [-0.3, -0.25) is 9.48 Å². The lowest BCUT2D eigenvalue weighted by Crippen LogP contribution is -2.58. The lowest BCUT2D eigenvalue weighted by atomic mass is 9.92. The predicted octanol–water partition coefficient (Wildman–Crippen LogP) is 4.37. The molecule has 0 bridgehead atoms. The molecule has 3 aromatic heterocycles. The number of halogens is 1. The van der Waals surface area contributed by atoms with Crippen LogP contribution in [0, 0.1) is 13.8 Å². The fraction of sp³-hybridized carbons (Fsp3) is 0.308. The number of hydrogen-bond donors (Lipinski definition) is 2. The molecule has 37 heavy (non-hydrogen) atoms. The predicted molar refractivity (Wildman–Crippen MR) is 141 cm³/mol. The van der Waals surface area contributed by atoms with E-state index in [2.05, 4.69) is 15.4 Å². The van der Waals surface area contributed by atoms with Crippen LogP contribution < -0.4 is 5.32 Å². The Balaban J connectivity index is 1.41. The van der Waals surface area contributed by atoms with Gasteiger partial charge in [0, 0.05) is 28.7 Å². The monoisotopic (exact) mass is 536 g/mol. The summed E-state index contributed by atoms with van der Waals surface area (Å²) in [5.41, 5.74) is 3.25. The van der Waals surface area contributed by atoms with Crippen molar-refractivity contribution in [2.45, 2.75) is 25.4 Å². The maximum atomic E-state index is 14.0. The highest BCUT2D eigenvalue weighted by Crippen LogP contribution is 2.54. The third-order valence-electron chi connectivity index (χ3n) is 7.01. The molecule has 1 atom stereocenters. The van der Waals surface area contributed by atoms with E-state index in [0.717, 1.165) is 38.1 Å². The molecule has 2 N–H and O–H groups in total. The molecule has 2 aliphatic rings. The number of rotatable bonds is 6. The molecule has 9 nitrogen and oxygen atoms in total. The molecule has 2 aliphatic heterocycles. The van der Waals surface area contributed by atoms with E-state index in [1.807, 2.05) is 45.2 Å². The largest absolute Gasteiger partial charge is 0.394 e. The Morgan fingerprint density at radius 1 is 1.24 bits per heavy atom. The molecule has 0 radical (unpaired) electrons. The number of aromatic nitrogens is 4. The van der Waals surface area contributed by atoms with Crippen LogP contribution in [0.3, 0.4) is 0 Å². The average Bonchev–Trinajstić information content (AvgIpc) is 3.47. The first-order valence-corrected chi connectivity index (χ1v) is 13.0. The minimum Gasteiger partial charge on any atom is -0.394 e. The van der Waals surface area contributed by atoms with Gasteiger partial charge in [0.05, 0.1) is 48.2 Å². The summed E-state index contributed by atoms with van der Waals surface area (Å²) in [5, 5.41) is 18.4. The summed E-state index contributed by atoms with van der Waals surface area (Å²) in [6.45, 7) is 4.40. The summed E-state index contributed by atoms with van der Waals surface area (Å²) < 4.78 is 7.38. The minimum atomic E-state index is -0.631. The van der Waals surface area contributed by atoms with Crippen molar-refractivity contribution in [3.63, 3.8) is 0 Å². The second-order valence-corrected chi connectivity index (χ2v) is 10.9. The summed E-state index contributed by atoms with van der Waals surface area (Å²) in [7, 11) is 1.84. The van der Waals surface area contributed by atoms with Gasteiger partial charge in [-0.15, -0.1) is 11.3 Å². The topological polar surface area (TPSA) is 105 Å². The Morgan fingerprint density at radius 2 is 2.05 bits per heavy atom. The van der Waals surface area contributed by atoms with Crippen LogP contribution >= 0.6 is 22.9 Å². The van der Waals surface area contributed by atoms with Crippen LogP contribution in [-0.4, -0.2) is 55.5 Å². The molecule has 5 heterocycles. The zero-order valence-electron chi connectivity index (χ0n) is 20.5. The van der Waals surface area contributed by atoms with Crippen LogP contribution in [0.25, 0.3) is 10.6 Å². The first-order valence-electron chi connectivity index (χ1n) is 11.8. The first-order chi connectivity index (χ1) is 17.8. The van der Waals surface area contributed by atoms with Crippen molar-refractivity contribution in [1.82, 2.24) is 24.6 Å². The number of amides is 1. The number of nitrogens with one attached hydrogen (secondary N) is 1. The van der Waals surface area contributed by atoms with Crippen molar-refractivity contribution in [3.05, 3.63) is 74.9 Å². The van der Waals surface area contributed by atoms with Crippen molar-refractivity contribution < 1.29 is 14.6 Å². The molecule has 1 amide bonds. The Hall–Kier alpha value is -3.31. The van der Waals surface area contributed by atoms with Gasteiger partial charge in [-0.2, -0.15) is 5.10 Å². The quantitative estimate of drug-likeness (QED) is 0.377. The molecule has 190 valence electrons. The maximum Gasteiger partial charge on any atom is 0.256 e. The molecule has 1 spiro atoms. The number of aliphatic hydroxyl groups is 1. The van der Waals surface area contributed by atoms with E-state index in [1.54, 1.807) is 39.2 Å². The van der Waals surface area contributed by atoms with Gasteiger partial charge in [-0.05, 0) is 43.2 Å². The lowest BCUT2D eigenvalue weighted by molar-refractivity contribution is -0.139. The molecule has 0 aliphatic carbocycles. The van der Waals surface area contributed by atoms with Gasteiger partial charge in [0.2, 0.25) is 5.95 Å². The molecular formula is C26H25ClN6O3S. The van der Waals surface area contributed by atoms with Gasteiger partial charge >= 0.3 is 0 Å². The summed E-state index contributed by atoms with van der Waals surface area (Å²) in [5.74, 6) is 1.12. The fourth-order valence-electron chi connectivity index (χ4n) is 5.17. The normalized spacial score (nSPS) is 16.7. The van der Waals surface area contributed by atoms with Gasteiger partial charge in [0.1, 0.15) is 11.4 Å². The summed E-state index contributed by atoms with van der Waals surface area (Å²) >= 11 is 7.80. The van der Waals surface area contributed by atoms with Gasteiger partial charge < -0.3 is 20.1 Å². The number of carbonyl (C=O) groups excluding carboxylic acids is 1. The zero-order chi connectivity index (χ0) is 25.9. The smallest absolute Gasteiger partial charge is 0.256 e. The van der Waals surface area contributed by atoms with Crippen LogP contribution in [0.1, 0.15) is 38.1 Å². The number of aryl methyl sites for hydroxylation is 2.